The van der Waals surface area contributed by atoms with Crippen molar-refractivity contribution in [2.75, 3.05) is 6.54 Å². The summed E-state index contributed by atoms with van der Waals surface area (Å²) in [4.78, 5) is 0. The Labute approximate surface area is 108 Å². The fourth-order valence-corrected chi connectivity index (χ4v) is 3.48. The SMILES string of the molecule is CC1CCC(CNS(=O)(=O)c2ccc(CN)o2)C1. The molecule has 0 amide bonds. The highest BCUT2D eigenvalue weighted by Crippen LogP contribution is 2.29. The van der Waals surface area contributed by atoms with Crippen molar-refractivity contribution in [3.63, 3.8) is 0 Å². The van der Waals surface area contributed by atoms with Crippen LogP contribution in [0.15, 0.2) is 21.6 Å². The van der Waals surface area contributed by atoms with Gasteiger partial charge in [0.1, 0.15) is 5.76 Å². The van der Waals surface area contributed by atoms with Gasteiger partial charge in [0.25, 0.3) is 10.0 Å². The Bertz CT molecular complexity index is 495. The van der Waals surface area contributed by atoms with E-state index in [-0.39, 0.29) is 11.6 Å². The molecule has 6 heteroatoms. The molecule has 2 rings (SSSR count). The third-order valence-corrected chi connectivity index (χ3v) is 4.76. The van der Waals surface area contributed by atoms with Crippen LogP contribution in [0, 0.1) is 11.8 Å². The molecule has 1 aliphatic rings. The van der Waals surface area contributed by atoms with Crippen molar-refractivity contribution in [3.05, 3.63) is 17.9 Å². The quantitative estimate of drug-likeness (QED) is 0.849. The lowest BCUT2D eigenvalue weighted by Gasteiger charge is -2.10. The van der Waals surface area contributed by atoms with Crippen LogP contribution in [0.5, 0.6) is 0 Å². The Kier molecular flexibility index (Phi) is 4.09. The smallest absolute Gasteiger partial charge is 0.273 e. The lowest BCUT2D eigenvalue weighted by Crippen LogP contribution is -2.28. The summed E-state index contributed by atoms with van der Waals surface area (Å²) in [5.41, 5.74) is 5.39. The summed E-state index contributed by atoms with van der Waals surface area (Å²) in [5.74, 6) is 1.62. The van der Waals surface area contributed by atoms with Crippen LogP contribution in [-0.4, -0.2) is 15.0 Å². The lowest BCUT2D eigenvalue weighted by atomic mass is 10.1. The summed E-state index contributed by atoms with van der Waals surface area (Å²) in [6.45, 7) is 2.90. The van der Waals surface area contributed by atoms with Crippen molar-refractivity contribution in [1.29, 1.82) is 0 Å². The molecule has 0 bridgehead atoms. The lowest BCUT2D eigenvalue weighted by molar-refractivity contribution is 0.409. The average Bonchev–Trinajstić information content (AvgIpc) is 2.95. The number of furan rings is 1. The maximum atomic E-state index is 12.0. The highest BCUT2D eigenvalue weighted by atomic mass is 32.2. The Hall–Kier alpha value is -0.850. The maximum absolute atomic E-state index is 12.0. The molecule has 102 valence electrons. The van der Waals surface area contributed by atoms with Crippen LogP contribution in [0.25, 0.3) is 0 Å². The molecule has 1 aromatic rings. The second-order valence-electron chi connectivity index (χ2n) is 5.06. The number of rotatable bonds is 5. The van der Waals surface area contributed by atoms with Crippen molar-refractivity contribution in [3.8, 4) is 0 Å². The van der Waals surface area contributed by atoms with Crippen LogP contribution in [0.1, 0.15) is 31.9 Å². The molecule has 0 aromatic carbocycles. The van der Waals surface area contributed by atoms with Gasteiger partial charge in [-0.1, -0.05) is 13.3 Å². The van der Waals surface area contributed by atoms with Crippen LogP contribution >= 0.6 is 0 Å². The fourth-order valence-electron chi connectivity index (χ4n) is 2.42. The number of nitrogens with two attached hydrogens (primary N) is 1. The number of hydrogen-bond acceptors (Lipinski definition) is 4. The van der Waals surface area contributed by atoms with E-state index in [1.165, 1.54) is 12.5 Å². The van der Waals surface area contributed by atoms with Gasteiger partial charge < -0.3 is 10.2 Å². The van der Waals surface area contributed by atoms with Crippen LogP contribution < -0.4 is 10.5 Å². The molecule has 1 aromatic heterocycles. The van der Waals surface area contributed by atoms with Gasteiger partial charge in [-0.15, -0.1) is 0 Å². The standard InChI is InChI=1S/C12H20N2O3S/c1-9-2-3-10(6-9)8-14-18(15,16)12-5-4-11(7-13)17-12/h4-5,9-10,14H,2-3,6-8,13H2,1H3. The Morgan fingerprint density at radius 2 is 2.22 bits per heavy atom. The predicted octanol–water partition coefficient (Wildman–Crippen LogP) is 1.45. The largest absolute Gasteiger partial charge is 0.447 e. The molecule has 1 fully saturated rings. The minimum Gasteiger partial charge on any atom is -0.447 e. The molecule has 3 N–H and O–H groups in total. The average molecular weight is 272 g/mol. The van der Waals surface area contributed by atoms with Crippen LogP contribution in [0.2, 0.25) is 0 Å². The van der Waals surface area contributed by atoms with Gasteiger partial charge in [0.2, 0.25) is 5.09 Å². The monoisotopic (exact) mass is 272 g/mol. The summed E-state index contributed by atoms with van der Waals surface area (Å²) in [6, 6.07) is 3.04. The molecule has 18 heavy (non-hydrogen) atoms. The minimum absolute atomic E-state index is 0.0472. The molecular formula is C12H20N2O3S. The Morgan fingerprint density at radius 1 is 1.44 bits per heavy atom. The van der Waals surface area contributed by atoms with Gasteiger partial charge >= 0.3 is 0 Å². The molecule has 0 aliphatic heterocycles. The number of nitrogens with one attached hydrogen (secondary N) is 1. The van der Waals surface area contributed by atoms with Crippen molar-refractivity contribution in [1.82, 2.24) is 4.72 Å². The molecule has 1 aliphatic carbocycles. The number of hydrogen-bond donors (Lipinski definition) is 2. The second kappa shape index (κ2) is 5.42. The van der Waals surface area contributed by atoms with E-state index >= 15 is 0 Å². The molecule has 0 saturated heterocycles. The number of sulfonamides is 1. The van der Waals surface area contributed by atoms with Gasteiger partial charge in [-0.25, -0.2) is 13.1 Å². The van der Waals surface area contributed by atoms with E-state index in [2.05, 4.69) is 11.6 Å². The highest BCUT2D eigenvalue weighted by molar-refractivity contribution is 7.89. The van der Waals surface area contributed by atoms with Crippen molar-refractivity contribution < 1.29 is 12.8 Å². The van der Waals surface area contributed by atoms with Gasteiger partial charge in [-0.05, 0) is 36.8 Å². The van der Waals surface area contributed by atoms with Gasteiger partial charge in [0, 0.05) is 6.54 Å². The van der Waals surface area contributed by atoms with Crippen molar-refractivity contribution >= 4 is 10.0 Å². The molecule has 0 radical (unpaired) electrons. The molecule has 2 unspecified atom stereocenters. The predicted molar refractivity (Wildman–Crippen MR) is 68.3 cm³/mol. The van der Waals surface area contributed by atoms with Crippen LogP contribution in [0.3, 0.4) is 0 Å². The third kappa shape index (κ3) is 3.13. The first-order chi connectivity index (χ1) is 8.51. The van der Waals surface area contributed by atoms with Gasteiger partial charge in [0.15, 0.2) is 0 Å². The molecule has 1 heterocycles. The van der Waals surface area contributed by atoms with E-state index in [0.717, 1.165) is 12.8 Å². The van der Waals surface area contributed by atoms with E-state index in [9.17, 15) is 8.42 Å². The van der Waals surface area contributed by atoms with E-state index in [0.29, 0.717) is 24.1 Å². The molecule has 2 atom stereocenters. The van der Waals surface area contributed by atoms with Crippen LogP contribution in [0.4, 0.5) is 0 Å². The van der Waals surface area contributed by atoms with Crippen molar-refractivity contribution in [2.45, 2.75) is 37.8 Å². The normalized spacial score (nSPS) is 24.6. The van der Waals surface area contributed by atoms with Gasteiger partial charge in [-0.3, -0.25) is 0 Å². The summed E-state index contributed by atoms with van der Waals surface area (Å²) < 4.78 is 31.7. The second-order valence-corrected chi connectivity index (χ2v) is 6.76. The summed E-state index contributed by atoms with van der Waals surface area (Å²) in [6.07, 6.45) is 3.37. The molecular weight excluding hydrogens is 252 g/mol. The highest BCUT2D eigenvalue weighted by Gasteiger charge is 2.24. The molecule has 5 nitrogen and oxygen atoms in total. The Balaban J connectivity index is 1.95. The zero-order valence-electron chi connectivity index (χ0n) is 10.6. The fraction of sp³-hybridized carbons (Fsp3) is 0.667. The minimum atomic E-state index is -3.53. The first kappa shape index (κ1) is 13.6. The van der Waals surface area contributed by atoms with E-state index < -0.39 is 10.0 Å². The first-order valence-electron chi connectivity index (χ1n) is 6.29. The topological polar surface area (TPSA) is 85.3 Å². The summed E-state index contributed by atoms with van der Waals surface area (Å²) in [5, 5.41) is -0.0472. The van der Waals surface area contributed by atoms with E-state index in [1.807, 2.05) is 0 Å². The summed E-state index contributed by atoms with van der Waals surface area (Å²) in [7, 11) is -3.53. The zero-order valence-corrected chi connectivity index (χ0v) is 11.4. The third-order valence-electron chi connectivity index (χ3n) is 3.47. The first-order valence-corrected chi connectivity index (χ1v) is 7.78. The Morgan fingerprint density at radius 3 is 2.78 bits per heavy atom. The molecule has 0 spiro atoms. The van der Waals surface area contributed by atoms with E-state index in [1.54, 1.807) is 6.07 Å². The van der Waals surface area contributed by atoms with E-state index in [4.69, 9.17) is 10.2 Å². The van der Waals surface area contributed by atoms with Crippen LogP contribution in [-0.2, 0) is 16.6 Å². The van der Waals surface area contributed by atoms with Crippen molar-refractivity contribution in [2.24, 2.45) is 17.6 Å². The molecule has 1 saturated carbocycles. The summed E-state index contributed by atoms with van der Waals surface area (Å²) >= 11 is 0. The van der Waals surface area contributed by atoms with Gasteiger partial charge in [-0.2, -0.15) is 0 Å². The maximum Gasteiger partial charge on any atom is 0.273 e. The zero-order chi connectivity index (χ0) is 13.2. The van der Waals surface area contributed by atoms with Gasteiger partial charge in [0.05, 0.1) is 6.54 Å².